The second-order valence-electron chi connectivity index (χ2n) is 7.62. The third-order valence-electron chi connectivity index (χ3n) is 5.57. The summed E-state index contributed by atoms with van der Waals surface area (Å²) in [7, 11) is 0. The number of hydrogen-bond acceptors (Lipinski definition) is 6. The Balaban J connectivity index is 1.46. The summed E-state index contributed by atoms with van der Waals surface area (Å²) >= 11 is 0. The Morgan fingerprint density at radius 1 is 0.939 bits per heavy atom. The van der Waals surface area contributed by atoms with Crippen molar-refractivity contribution >= 4 is 5.97 Å². The highest BCUT2D eigenvalue weighted by molar-refractivity contribution is 5.84. The topological polar surface area (TPSA) is 91.0 Å². The van der Waals surface area contributed by atoms with Gasteiger partial charge in [0.15, 0.2) is 11.5 Å². The van der Waals surface area contributed by atoms with Crippen LogP contribution in [0, 0.1) is 6.92 Å². The molecule has 0 bridgehead atoms. The molecule has 7 heteroatoms. The fourth-order valence-corrected chi connectivity index (χ4v) is 3.94. The molecule has 1 N–H and O–H groups in total. The molecule has 166 valence electrons. The van der Waals surface area contributed by atoms with Gasteiger partial charge in [0.05, 0.1) is 6.07 Å². The van der Waals surface area contributed by atoms with Crippen LogP contribution < -0.4 is 14.2 Å². The molecule has 1 aliphatic rings. The molecule has 0 unspecified atom stereocenters. The lowest BCUT2D eigenvalue weighted by molar-refractivity contribution is 0.0651. The SMILES string of the molecule is Cc1c(-c2ccc3c(c2)OCCO3)cccc1-c1ccccc1COc1cc(C(=O)O)on1. The Labute approximate surface area is 190 Å². The quantitative estimate of drug-likeness (QED) is 0.429. The lowest BCUT2D eigenvalue weighted by atomic mass is 9.90. The number of aromatic nitrogens is 1. The molecule has 0 fully saturated rings. The molecule has 0 atom stereocenters. The molecule has 0 saturated heterocycles. The van der Waals surface area contributed by atoms with E-state index in [1.165, 1.54) is 6.07 Å². The Morgan fingerprint density at radius 2 is 1.70 bits per heavy atom. The number of benzene rings is 3. The summed E-state index contributed by atoms with van der Waals surface area (Å²) in [5, 5.41) is 12.6. The van der Waals surface area contributed by atoms with E-state index in [0.717, 1.165) is 44.9 Å². The van der Waals surface area contributed by atoms with Gasteiger partial charge in [-0.2, -0.15) is 0 Å². The lowest BCUT2D eigenvalue weighted by Crippen LogP contribution is -2.15. The van der Waals surface area contributed by atoms with Gasteiger partial charge in [-0.05, 0) is 57.6 Å². The smallest absolute Gasteiger partial charge is 0.374 e. The minimum atomic E-state index is -1.19. The molecule has 1 aromatic heterocycles. The maximum absolute atomic E-state index is 11.0. The minimum Gasteiger partial charge on any atom is -0.486 e. The Kier molecular flexibility index (Phi) is 5.44. The van der Waals surface area contributed by atoms with Crippen LogP contribution in [0.2, 0.25) is 0 Å². The molecule has 1 aliphatic heterocycles. The van der Waals surface area contributed by atoms with Gasteiger partial charge in [0.1, 0.15) is 19.8 Å². The maximum atomic E-state index is 11.0. The van der Waals surface area contributed by atoms with Crippen molar-refractivity contribution in [1.82, 2.24) is 5.16 Å². The van der Waals surface area contributed by atoms with Crippen LogP contribution in [0.3, 0.4) is 0 Å². The van der Waals surface area contributed by atoms with Crippen LogP contribution in [0.1, 0.15) is 21.7 Å². The van der Waals surface area contributed by atoms with E-state index in [0.29, 0.717) is 13.2 Å². The number of ether oxygens (including phenoxy) is 3. The standard InChI is InChI=1S/C26H21NO6/c1-16-19(17-9-10-22-23(13-17)31-12-11-30-22)7-4-8-20(16)21-6-3-2-5-18(21)15-32-25-14-24(26(28)29)33-27-25/h2-10,13-14H,11-12,15H2,1H3,(H,28,29). The van der Waals surface area contributed by atoms with Crippen molar-refractivity contribution in [2.75, 3.05) is 13.2 Å². The van der Waals surface area contributed by atoms with Crippen molar-refractivity contribution in [3.63, 3.8) is 0 Å². The molecule has 2 heterocycles. The number of fused-ring (bicyclic) bond motifs is 1. The van der Waals surface area contributed by atoms with Gasteiger partial charge in [-0.15, -0.1) is 0 Å². The van der Waals surface area contributed by atoms with Crippen LogP contribution >= 0.6 is 0 Å². The highest BCUT2D eigenvalue weighted by Gasteiger charge is 2.16. The number of aromatic carboxylic acids is 1. The van der Waals surface area contributed by atoms with Crippen molar-refractivity contribution < 1.29 is 28.6 Å². The van der Waals surface area contributed by atoms with Crippen molar-refractivity contribution in [3.05, 3.63) is 83.6 Å². The van der Waals surface area contributed by atoms with Crippen molar-refractivity contribution in [2.24, 2.45) is 0 Å². The average molecular weight is 443 g/mol. The molecule has 0 saturated carbocycles. The van der Waals surface area contributed by atoms with Gasteiger partial charge in [0.25, 0.3) is 5.88 Å². The molecule has 5 rings (SSSR count). The van der Waals surface area contributed by atoms with Crippen LogP contribution in [-0.2, 0) is 6.61 Å². The molecule has 7 nitrogen and oxygen atoms in total. The second-order valence-corrected chi connectivity index (χ2v) is 7.62. The van der Waals surface area contributed by atoms with E-state index in [4.69, 9.17) is 23.8 Å². The zero-order chi connectivity index (χ0) is 22.8. The van der Waals surface area contributed by atoms with E-state index in [9.17, 15) is 4.79 Å². The zero-order valence-corrected chi connectivity index (χ0v) is 17.9. The van der Waals surface area contributed by atoms with Crippen LogP contribution in [0.4, 0.5) is 0 Å². The van der Waals surface area contributed by atoms with E-state index < -0.39 is 5.97 Å². The van der Waals surface area contributed by atoms with Gasteiger partial charge in [-0.1, -0.05) is 48.5 Å². The van der Waals surface area contributed by atoms with Crippen molar-refractivity contribution in [3.8, 4) is 39.6 Å². The van der Waals surface area contributed by atoms with E-state index in [1.807, 2.05) is 48.5 Å². The molecular formula is C26H21NO6. The first-order valence-electron chi connectivity index (χ1n) is 10.5. The molecule has 0 radical (unpaired) electrons. The highest BCUT2D eigenvalue weighted by Crippen LogP contribution is 2.38. The maximum Gasteiger partial charge on any atom is 0.374 e. The van der Waals surface area contributed by atoms with Gasteiger partial charge < -0.3 is 23.8 Å². The molecule has 4 aromatic rings. The molecule has 33 heavy (non-hydrogen) atoms. The highest BCUT2D eigenvalue weighted by atomic mass is 16.6. The molecule has 0 amide bonds. The average Bonchev–Trinajstić information content (AvgIpc) is 3.32. The summed E-state index contributed by atoms with van der Waals surface area (Å²) in [4.78, 5) is 11.0. The number of carbonyl (C=O) groups is 1. The minimum absolute atomic E-state index is 0.129. The van der Waals surface area contributed by atoms with Crippen molar-refractivity contribution in [1.29, 1.82) is 0 Å². The largest absolute Gasteiger partial charge is 0.486 e. The number of carboxylic acids is 1. The molecule has 3 aromatic carbocycles. The fourth-order valence-electron chi connectivity index (χ4n) is 3.94. The first kappa shape index (κ1) is 20.6. The Morgan fingerprint density at radius 3 is 2.52 bits per heavy atom. The first-order valence-corrected chi connectivity index (χ1v) is 10.5. The Hall–Kier alpha value is -4.26. The van der Waals surface area contributed by atoms with E-state index >= 15 is 0 Å². The second kappa shape index (κ2) is 8.70. The van der Waals surface area contributed by atoms with E-state index in [1.54, 1.807) is 0 Å². The van der Waals surface area contributed by atoms with E-state index in [2.05, 4.69) is 24.2 Å². The summed E-state index contributed by atoms with van der Waals surface area (Å²) in [5.74, 6) is 0.195. The van der Waals surface area contributed by atoms with Crippen molar-refractivity contribution in [2.45, 2.75) is 13.5 Å². The normalized spacial score (nSPS) is 12.4. The summed E-state index contributed by atoms with van der Waals surface area (Å²) in [6, 6.07) is 21.4. The third-order valence-corrected chi connectivity index (χ3v) is 5.57. The number of carboxylic acid groups (broad SMARTS) is 1. The van der Waals surface area contributed by atoms with E-state index in [-0.39, 0.29) is 18.2 Å². The summed E-state index contributed by atoms with van der Waals surface area (Å²) in [5.41, 5.74) is 6.32. The summed E-state index contributed by atoms with van der Waals surface area (Å²) < 4.78 is 21.9. The third kappa shape index (κ3) is 4.13. The van der Waals surface area contributed by atoms with Gasteiger partial charge >= 0.3 is 5.97 Å². The van der Waals surface area contributed by atoms with Gasteiger partial charge in [0.2, 0.25) is 5.76 Å². The van der Waals surface area contributed by atoms with Crippen LogP contribution in [0.25, 0.3) is 22.3 Å². The predicted octanol–water partition coefficient (Wildman–Crippen LogP) is 5.37. The number of nitrogens with zero attached hydrogens (tertiary/aromatic N) is 1. The zero-order valence-electron chi connectivity index (χ0n) is 17.9. The molecular weight excluding hydrogens is 422 g/mol. The van der Waals surface area contributed by atoms with Crippen LogP contribution in [-0.4, -0.2) is 29.4 Å². The number of hydrogen-bond donors (Lipinski definition) is 1. The predicted molar refractivity (Wildman–Crippen MR) is 121 cm³/mol. The van der Waals surface area contributed by atoms with Crippen LogP contribution in [0.15, 0.2) is 71.3 Å². The van der Waals surface area contributed by atoms with Gasteiger partial charge in [-0.3, -0.25) is 0 Å². The van der Waals surface area contributed by atoms with Crippen LogP contribution in [0.5, 0.6) is 17.4 Å². The summed E-state index contributed by atoms with van der Waals surface area (Å²) in [6.45, 7) is 3.42. The fraction of sp³-hybridized carbons (Fsp3) is 0.154. The van der Waals surface area contributed by atoms with Gasteiger partial charge in [-0.25, -0.2) is 4.79 Å². The number of rotatable bonds is 6. The monoisotopic (exact) mass is 443 g/mol. The summed E-state index contributed by atoms with van der Waals surface area (Å²) in [6.07, 6.45) is 0. The Bertz CT molecular complexity index is 1330. The molecule has 0 spiro atoms. The first-order chi connectivity index (χ1) is 16.1. The van der Waals surface area contributed by atoms with Gasteiger partial charge in [0, 0.05) is 0 Å². The molecule has 0 aliphatic carbocycles. The lowest BCUT2D eigenvalue weighted by Gasteiger charge is -2.20.